The number of aromatic amines is 1. The Balaban J connectivity index is 1.21. The van der Waals surface area contributed by atoms with Gasteiger partial charge >= 0.3 is 0 Å². The molecule has 0 unspecified atom stereocenters. The number of amides is 1. The lowest BCUT2D eigenvalue weighted by Crippen LogP contribution is -2.34. The summed E-state index contributed by atoms with van der Waals surface area (Å²) in [5.74, 6) is 1.32. The molecule has 6 nitrogen and oxygen atoms in total. The molecule has 1 N–H and O–H groups in total. The Kier molecular flexibility index (Phi) is 5.69. The second kappa shape index (κ2) is 8.94. The molecule has 168 valence electrons. The van der Waals surface area contributed by atoms with Crippen LogP contribution in [-0.2, 0) is 11.2 Å². The second-order valence-electron chi connectivity index (χ2n) is 8.03. The van der Waals surface area contributed by atoms with Gasteiger partial charge in [0.2, 0.25) is 5.91 Å². The van der Waals surface area contributed by atoms with Gasteiger partial charge in [0.05, 0.1) is 18.9 Å². The number of ether oxygens (including phenoxy) is 1. The van der Waals surface area contributed by atoms with Crippen molar-refractivity contribution in [3.05, 3.63) is 78.2 Å². The van der Waals surface area contributed by atoms with Crippen LogP contribution in [0.15, 0.2) is 65.4 Å². The zero-order chi connectivity index (χ0) is 22.8. The molecule has 3 heterocycles. The van der Waals surface area contributed by atoms with Crippen molar-refractivity contribution < 1.29 is 18.3 Å². The Morgan fingerprint density at radius 3 is 2.91 bits per heavy atom. The minimum atomic E-state index is -0.360. The Morgan fingerprint density at radius 1 is 1.24 bits per heavy atom. The molecule has 5 rings (SSSR count). The Bertz CT molecular complexity index is 1340. The first-order valence-electron chi connectivity index (χ1n) is 10.9. The number of fused-ring (bicyclic) bond motifs is 1. The summed E-state index contributed by atoms with van der Waals surface area (Å²) in [5, 5.41) is 1.12. The molecule has 0 fully saturated rings. The highest BCUT2D eigenvalue weighted by molar-refractivity contribution is 5.94. The number of hydrogen-bond donors (Lipinski definition) is 1. The minimum Gasteiger partial charge on any atom is -0.497 e. The maximum absolute atomic E-state index is 13.9. The van der Waals surface area contributed by atoms with Gasteiger partial charge in [-0.25, -0.2) is 9.37 Å². The van der Waals surface area contributed by atoms with Crippen molar-refractivity contribution in [3.8, 4) is 17.1 Å². The number of aryl methyl sites for hydroxylation is 1. The van der Waals surface area contributed by atoms with E-state index < -0.39 is 0 Å². The zero-order valence-electron chi connectivity index (χ0n) is 18.3. The fourth-order valence-corrected chi connectivity index (χ4v) is 4.22. The van der Waals surface area contributed by atoms with E-state index in [4.69, 9.17) is 9.15 Å². The molecule has 7 heteroatoms. The van der Waals surface area contributed by atoms with Crippen molar-refractivity contribution >= 4 is 22.4 Å². The number of halogens is 1. The first-order chi connectivity index (χ1) is 16.1. The summed E-state index contributed by atoms with van der Waals surface area (Å²) < 4.78 is 25.0. The molecule has 2 aromatic heterocycles. The number of rotatable bonds is 6. The predicted octanol–water partition coefficient (Wildman–Crippen LogP) is 5.22. The average molecular weight is 445 g/mol. The van der Waals surface area contributed by atoms with E-state index in [0.29, 0.717) is 43.1 Å². The standard InChI is InChI=1S/C26H24FN3O3/c1-32-18-6-7-23-20(14-18)21(15-28-23)17-10-12-30(13-11-17)26(31)9-8-25-29-16-24(33-25)19-4-2-3-5-22(19)27/h2-7,10,14-16,28H,8-9,11-13H2,1H3. The van der Waals surface area contributed by atoms with E-state index >= 15 is 0 Å². The molecule has 0 spiro atoms. The van der Waals surface area contributed by atoms with E-state index in [-0.39, 0.29) is 11.7 Å². The number of oxazole rings is 1. The molecule has 0 saturated heterocycles. The maximum Gasteiger partial charge on any atom is 0.223 e. The van der Waals surface area contributed by atoms with Crippen LogP contribution in [0.25, 0.3) is 27.8 Å². The van der Waals surface area contributed by atoms with E-state index in [1.54, 1.807) is 25.3 Å². The summed E-state index contributed by atoms with van der Waals surface area (Å²) in [6.45, 7) is 1.23. The Morgan fingerprint density at radius 2 is 2.12 bits per heavy atom. The van der Waals surface area contributed by atoms with E-state index in [0.717, 1.165) is 28.6 Å². The summed E-state index contributed by atoms with van der Waals surface area (Å²) in [4.78, 5) is 22.1. The lowest BCUT2D eigenvalue weighted by atomic mass is 9.98. The molecular formula is C26H24FN3O3. The summed E-state index contributed by atoms with van der Waals surface area (Å²) in [7, 11) is 1.66. The fourth-order valence-electron chi connectivity index (χ4n) is 4.22. The Hall–Kier alpha value is -3.87. The van der Waals surface area contributed by atoms with E-state index in [2.05, 4.69) is 16.0 Å². The van der Waals surface area contributed by atoms with Crippen molar-refractivity contribution in [2.75, 3.05) is 20.2 Å². The van der Waals surface area contributed by atoms with Crippen LogP contribution in [0.3, 0.4) is 0 Å². The quantitative estimate of drug-likeness (QED) is 0.442. The van der Waals surface area contributed by atoms with Crippen LogP contribution >= 0.6 is 0 Å². The molecule has 1 aliphatic heterocycles. The Labute approximate surface area is 190 Å². The molecule has 0 atom stereocenters. The van der Waals surface area contributed by atoms with E-state index in [1.165, 1.54) is 17.8 Å². The van der Waals surface area contributed by atoms with Gasteiger partial charge in [-0.3, -0.25) is 4.79 Å². The third-order valence-corrected chi connectivity index (χ3v) is 6.04. The lowest BCUT2D eigenvalue weighted by molar-refractivity contribution is -0.130. The number of carbonyl (C=O) groups is 1. The van der Waals surface area contributed by atoms with E-state index in [9.17, 15) is 9.18 Å². The third-order valence-electron chi connectivity index (χ3n) is 6.04. The SMILES string of the molecule is COc1ccc2[nH]cc(C3=CCN(C(=O)CCc4ncc(-c5ccccc5F)o4)CC3)c2c1. The van der Waals surface area contributed by atoms with E-state index in [1.807, 2.05) is 29.3 Å². The highest BCUT2D eigenvalue weighted by Crippen LogP contribution is 2.31. The van der Waals surface area contributed by atoms with Gasteiger partial charge < -0.3 is 19.0 Å². The summed E-state index contributed by atoms with van der Waals surface area (Å²) >= 11 is 0. The largest absolute Gasteiger partial charge is 0.497 e. The fraction of sp³-hybridized carbons (Fsp3) is 0.231. The van der Waals surface area contributed by atoms with Crippen molar-refractivity contribution in [1.82, 2.24) is 14.9 Å². The van der Waals surface area contributed by atoms with Gasteiger partial charge in [0.15, 0.2) is 11.7 Å². The van der Waals surface area contributed by atoms with Crippen molar-refractivity contribution in [2.45, 2.75) is 19.3 Å². The molecule has 0 radical (unpaired) electrons. The monoisotopic (exact) mass is 445 g/mol. The molecule has 1 aliphatic rings. The van der Waals surface area contributed by atoms with Crippen LogP contribution in [0, 0.1) is 5.82 Å². The lowest BCUT2D eigenvalue weighted by Gasteiger charge is -2.26. The van der Waals surface area contributed by atoms with Crippen LogP contribution in [0.1, 0.15) is 24.3 Å². The first-order valence-corrected chi connectivity index (χ1v) is 10.9. The number of H-pyrrole nitrogens is 1. The van der Waals surface area contributed by atoms with Gasteiger partial charge in [-0.05, 0) is 42.3 Å². The molecule has 0 saturated carbocycles. The highest BCUT2D eigenvalue weighted by Gasteiger charge is 2.20. The van der Waals surface area contributed by atoms with Crippen molar-refractivity contribution in [1.29, 1.82) is 0 Å². The topological polar surface area (TPSA) is 71.4 Å². The number of carbonyl (C=O) groups excluding carboxylic acids is 1. The maximum atomic E-state index is 13.9. The summed E-state index contributed by atoms with van der Waals surface area (Å²) in [5.41, 5.74) is 3.80. The van der Waals surface area contributed by atoms with Gasteiger partial charge in [-0.15, -0.1) is 0 Å². The zero-order valence-corrected chi connectivity index (χ0v) is 18.3. The van der Waals surface area contributed by atoms with Crippen molar-refractivity contribution in [3.63, 3.8) is 0 Å². The molecule has 0 bridgehead atoms. The second-order valence-corrected chi connectivity index (χ2v) is 8.03. The molecule has 1 amide bonds. The molecule has 2 aromatic carbocycles. The summed E-state index contributed by atoms with van der Waals surface area (Å²) in [6.07, 6.45) is 7.10. The van der Waals surface area contributed by atoms with Gasteiger partial charge in [0.25, 0.3) is 0 Å². The molecule has 4 aromatic rings. The third kappa shape index (κ3) is 4.26. The van der Waals surface area contributed by atoms with Crippen LogP contribution in [0.2, 0.25) is 0 Å². The number of benzene rings is 2. The van der Waals surface area contributed by atoms with Gasteiger partial charge in [0, 0.05) is 48.6 Å². The molecule has 33 heavy (non-hydrogen) atoms. The molecular weight excluding hydrogens is 421 g/mol. The summed E-state index contributed by atoms with van der Waals surface area (Å²) in [6, 6.07) is 12.4. The number of aromatic nitrogens is 2. The number of hydrogen-bond acceptors (Lipinski definition) is 4. The smallest absolute Gasteiger partial charge is 0.223 e. The van der Waals surface area contributed by atoms with Crippen LogP contribution in [-0.4, -0.2) is 41.0 Å². The first kappa shape index (κ1) is 21.0. The average Bonchev–Trinajstić information content (AvgIpc) is 3.49. The van der Waals surface area contributed by atoms with Gasteiger partial charge in [-0.1, -0.05) is 18.2 Å². The highest BCUT2D eigenvalue weighted by atomic mass is 19.1. The van der Waals surface area contributed by atoms with Gasteiger partial charge in [-0.2, -0.15) is 0 Å². The van der Waals surface area contributed by atoms with Crippen molar-refractivity contribution in [2.24, 2.45) is 0 Å². The van der Waals surface area contributed by atoms with Gasteiger partial charge in [0.1, 0.15) is 11.6 Å². The predicted molar refractivity (Wildman–Crippen MR) is 124 cm³/mol. The van der Waals surface area contributed by atoms with Crippen LogP contribution in [0.5, 0.6) is 5.75 Å². The number of nitrogens with one attached hydrogen (secondary N) is 1. The number of nitrogens with zero attached hydrogens (tertiary/aromatic N) is 2. The minimum absolute atomic E-state index is 0.0523. The van der Waals surface area contributed by atoms with Crippen LogP contribution < -0.4 is 4.74 Å². The number of methoxy groups -OCH3 is 1. The van der Waals surface area contributed by atoms with Crippen LogP contribution in [0.4, 0.5) is 4.39 Å². The molecule has 0 aliphatic carbocycles. The normalized spacial score (nSPS) is 13.9.